The summed E-state index contributed by atoms with van der Waals surface area (Å²) in [6.45, 7) is 4.94. The Hall–Kier alpha value is -2.20. The monoisotopic (exact) mass is 346 g/mol. The molecule has 0 aromatic rings. The summed E-state index contributed by atoms with van der Waals surface area (Å²) >= 11 is 0. The van der Waals surface area contributed by atoms with E-state index >= 15 is 0 Å². The number of nitrogens with two attached hydrogens (primary N) is 2. The second kappa shape index (κ2) is 9.83. The van der Waals surface area contributed by atoms with Gasteiger partial charge in [-0.05, 0) is 19.3 Å². The molecule has 0 saturated heterocycles. The average Bonchev–Trinajstić information content (AvgIpc) is 2.43. The molecule has 0 aliphatic heterocycles. The summed E-state index contributed by atoms with van der Waals surface area (Å²) < 4.78 is 0. The first kappa shape index (κ1) is 21.8. The fourth-order valence-electron chi connectivity index (χ4n) is 1.86. The molecule has 0 aromatic carbocycles. The maximum atomic E-state index is 12.3. The van der Waals surface area contributed by atoms with Gasteiger partial charge in [0.1, 0.15) is 18.1 Å². The number of amides is 3. The smallest absolute Gasteiger partial charge is 0.326 e. The van der Waals surface area contributed by atoms with E-state index in [1.807, 2.05) is 0 Å². The van der Waals surface area contributed by atoms with Crippen LogP contribution in [-0.4, -0.2) is 58.1 Å². The third-order valence-corrected chi connectivity index (χ3v) is 3.18. The maximum absolute atomic E-state index is 12.3. The fourth-order valence-corrected chi connectivity index (χ4v) is 1.86. The Morgan fingerprint density at radius 1 is 1.00 bits per heavy atom. The van der Waals surface area contributed by atoms with Crippen LogP contribution in [0.5, 0.6) is 0 Å². The van der Waals surface area contributed by atoms with Crippen LogP contribution in [0.1, 0.15) is 33.6 Å². The molecule has 0 spiro atoms. The van der Waals surface area contributed by atoms with Crippen LogP contribution < -0.4 is 22.1 Å². The van der Waals surface area contributed by atoms with Gasteiger partial charge in [0, 0.05) is 0 Å². The summed E-state index contributed by atoms with van der Waals surface area (Å²) in [5, 5.41) is 22.9. The molecule has 0 aromatic heterocycles. The number of aliphatic hydroxyl groups excluding tert-OH is 1. The molecule has 10 nitrogen and oxygen atoms in total. The lowest BCUT2D eigenvalue weighted by Crippen LogP contribution is -2.56. The summed E-state index contributed by atoms with van der Waals surface area (Å²) in [6, 6.07) is -3.78. The van der Waals surface area contributed by atoms with Gasteiger partial charge in [-0.3, -0.25) is 14.4 Å². The zero-order chi connectivity index (χ0) is 19.0. The Kier molecular flexibility index (Phi) is 8.93. The van der Waals surface area contributed by atoms with Gasteiger partial charge in [-0.2, -0.15) is 0 Å². The number of hydrogen-bond acceptors (Lipinski definition) is 6. The molecule has 0 saturated carbocycles. The number of nitrogens with one attached hydrogen (secondary N) is 2. The van der Waals surface area contributed by atoms with E-state index in [-0.39, 0.29) is 12.3 Å². The molecule has 0 radical (unpaired) electrons. The molecule has 10 heteroatoms. The quantitative estimate of drug-likeness (QED) is 0.256. The van der Waals surface area contributed by atoms with E-state index in [1.165, 1.54) is 6.92 Å². The maximum Gasteiger partial charge on any atom is 0.326 e. The minimum Gasteiger partial charge on any atom is -0.480 e. The lowest BCUT2D eigenvalue weighted by atomic mass is 10.0. The largest absolute Gasteiger partial charge is 0.480 e. The van der Waals surface area contributed by atoms with E-state index in [9.17, 15) is 24.3 Å². The van der Waals surface area contributed by atoms with Crippen LogP contribution >= 0.6 is 0 Å². The lowest BCUT2D eigenvalue weighted by Gasteiger charge is -2.24. The Morgan fingerprint density at radius 3 is 1.88 bits per heavy atom. The number of aliphatic hydroxyl groups is 1. The molecule has 3 amide bonds. The molecular formula is C14H26N4O6. The Bertz CT molecular complexity index is 480. The van der Waals surface area contributed by atoms with Crippen molar-refractivity contribution in [2.45, 2.75) is 57.8 Å². The van der Waals surface area contributed by atoms with E-state index in [0.717, 1.165) is 0 Å². The number of carboxylic acids is 1. The normalized spacial score (nSPS) is 15.9. The molecule has 0 rings (SSSR count). The summed E-state index contributed by atoms with van der Waals surface area (Å²) in [5.41, 5.74) is 10.5. The second-order valence-electron chi connectivity index (χ2n) is 6.03. The zero-order valence-corrected chi connectivity index (χ0v) is 14.0. The summed E-state index contributed by atoms with van der Waals surface area (Å²) in [4.78, 5) is 46.1. The van der Waals surface area contributed by atoms with Crippen LogP contribution in [0.25, 0.3) is 0 Å². The van der Waals surface area contributed by atoms with Gasteiger partial charge in [0.25, 0.3) is 0 Å². The van der Waals surface area contributed by atoms with Crippen molar-refractivity contribution in [1.82, 2.24) is 10.6 Å². The van der Waals surface area contributed by atoms with Gasteiger partial charge in [0.05, 0.1) is 12.5 Å². The van der Waals surface area contributed by atoms with Gasteiger partial charge in [-0.25, -0.2) is 4.79 Å². The van der Waals surface area contributed by atoms with Gasteiger partial charge in [-0.1, -0.05) is 13.8 Å². The summed E-state index contributed by atoms with van der Waals surface area (Å²) in [6.07, 6.45) is -1.47. The number of primary amides is 1. The minimum atomic E-state index is -1.49. The predicted molar refractivity (Wildman–Crippen MR) is 84.4 cm³/mol. The number of rotatable bonds is 10. The van der Waals surface area contributed by atoms with Crippen LogP contribution in [-0.2, 0) is 19.2 Å². The van der Waals surface area contributed by atoms with Gasteiger partial charge in [-0.15, -0.1) is 0 Å². The van der Waals surface area contributed by atoms with Crippen molar-refractivity contribution >= 4 is 23.7 Å². The van der Waals surface area contributed by atoms with Crippen molar-refractivity contribution in [3.05, 3.63) is 0 Å². The lowest BCUT2D eigenvalue weighted by molar-refractivity contribution is -0.143. The topological polar surface area (TPSA) is 185 Å². The highest BCUT2D eigenvalue weighted by molar-refractivity contribution is 5.93. The highest BCUT2D eigenvalue weighted by atomic mass is 16.4. The molecule has 138 valence electrons. The van der Waals surface area contributed by atoms with E-state index in [1.54, 1.807) is 13.8 Å². The summed E-state index contributed by atoms with van der Waals surface area (Å²) in [7, 11) is 0. The number of carboxylic acid groups (broad SMARTS) is 1. The molecule has 4 atom stereocenters. The number of carbonyl (C=O) groups excluding carboxylic acids is 3. The van der Waals surface area contributed by atoms with Crippen LogP contribution in [0.15, 0.2) is 0 Å². The number of carbonyl (C=O) groups is 4. The molecular weight excluding hydrogens is 320 g/mol. The van der Waals surface area contributed by atoms with Gasteiger partial charge in [0.2, 0.25) is 17.7 Å². The number of hydrogen-bond donors (Lipinski definition) is 6. The molecule has 0 aliphatic carbocycles. The standard InChI is InChI=1S/C14H26N4O6/c1-6(2)4-8(17-13(22)11(16)7(3)19)12(21)18-9(14(23)24)5-10(15)20/h6-9,11,19H,4-5,16H2,1-3H3,(H2,15,20)(H,17,22)(H,18,21)(H,23,24). The fraction of sp³-hybridized carbons (Fsp3) is 0.714. The highest BCUT2D eigenvalue weighted by Crippen LogP contribution is 2.07. The summed E-state index contributed by atoms with van der Waals surface area (Å²) in [5.74, 6) is -3.82. The van der Waals surface area contributed by atoms with Gasteiger partial charge >= 0.3 is 5.97 Å². The Balaban J connectivity index is 5.08. The third kappa shape index (κ3) is 7.88. The molecule has 0 fully saturated rings. The van der Waals surface area contributed by atoms with E-state index in [2.05, 4.69) is 10.6 Å². The van der Waals surface area contributed by atoms with Crippen molar-refractivity contribution in [1.29, 1.82) is 0 Å². The average molecular weight is 346 g/mol. The van der Waals surface area contributed by atoms with Crippen molar-refractivity contribution in [2.75, 3.05) is 0 Å². The third-order valence-electron chi connectivity index (χ3n) is 3.18. The number of aliphatic carboxylic acids is 1. The van der Waals surface area contributed by atoms with Crippen LogP contribution in [0, 0.1) is 5.92 Å². The Labute approximate surface area is 139 Å². The second-order valence-corrected chi connectivity index (χ2v) is 6.03. The first-order chi connectivity index (χ1) is 11.0. The van der Waals surface area contributed by atoms with Crippen molar-refractivity contribution in [3.8, 4) is 0 Å². The van der Waals surface area contributed by atoms with Gasteiger partial charge in [0.15, 0.2) is 0 Å². The molecule has 0 aliphatic rings. The minimum absolute atomic E-state index is 0.00300. The predicted octanol–water partition coefficient (Wildman–Crippen LogP) is -2.33. The van der Waals surface area contributed by atoms with Crippen molar-refractivity contribution < 1.29 is 29.4 Å². The molecule has 24 heavy (non-hydrogen) atoms. The molecule has 0 bridgehead atoms. The molecule has 4 unspecified atom stereocenters. The van der Waals surface area contributed by atoms with Crippen molar-refractivity contribution in [3.63, 3.8) is 0 Å². The molecule has 8 N–H and O–H groups in total. The zero-order valence-electron chi connectivity index (χ0n) is 14.0. The molecule has 0 heterocycles. The van der Waals surface area contributed by atoms with Crippen LogP contribution in [0.4, 0.5) is 0 Å². The van der Waals surface area contributed by atoms with Crippen molar-refractivity contribution in [2.24, 2.45) is 17.4 Å². The van der Waals surface area contributed by atoms with Gasteiger partial charge < -0.3 is 32.3 Å². The van der Waals surface area contributed by atoms with Crippen LogP contribution in [0.3, 0.4) is 0 Å². The van der Waals surface area contributed by atoms with E-state index in [0.29, 0.717) is 0 Å². The first-order valence-corrected chi connectivity index (χ1v) is 7.51. The SMILES string of the molecule is CC(C)CC(NC(=O)C(N)C(C)O)C(=O)NC(CC(N)=O)C(=O)O. The van der Waals surface area contributed by atoms with E-state index < -0.39 is 54.3 Å². The van der Waals surface area contributed by atoms with E-state index in [4.69, 9.17) is 16.6 Å². The Morgan fingerprint density at radius 2 is 1.50 bits per heavy atom. The first-order valence-electron chi connectivity index (χ1n) is 7.51. The van der Waals surface area contributed by atoms with Crippen LogP contribution in [0.2, 0.25) is 0 Å². The highest BCUT2D eigenvalue weighted by Gasteiger charge is 2.30.